The summed E-state index contributed by atoms with van der Waals surface area (Å²) >= 11 is 1.95. The van der Waals surface area contributed by atoms with Crippen LogP contribution in [0.3, 0.4) is 0 Å². The normalized spacial score (nSPS) is 13.6. The Hall–Kier alpha value is -2.06. The molecule has 3 aromatic carbocycles. The molecule has 94 valence electrons. The summed E-state index contributed by atoms with van der Waals surface area (Å²) in [5, 5.41) is 6.81. The third kappa shape index (κ3) is 1.27. The SMILES string of the molecule is c1ccc2c3c4c(ccc5ccc[n+](c54)CS3)cc2c1. The molecule has 2 heterocycles. The van der Waals surface area contributed by atoms with Crippen LogP contribution in [0, 0.1) is 0 Å². The Bertz CT molecular complexity index is 1000. The molecule has 0 amide bonds. The molecule has 2 heteroatoms. The Labute approximate surface area is 120 Å². The molecule has 1 nitrogen and oxygen atoms in total. The van der Waals surface area contributed by atoms with Crippen molar-refractivity contribution in [2.75, 3.05) is 0 Å². The van der Waals surface area contributed by atoms with Gasteiger partial charge in [0.15, 0.2) is 12.1 Å². The van der Waals surface area contributed by atoms with Crippen molar-refractivity contribution in [1.29, 1.82) is 0 Å². The van der Waals surface area contributed by atoms with Gasteiger partial charge in [0.1, 0.15) is 0 Å². The first-order valence-electron chi connectivity index (χ1n) is 6.81. The van der Waals surface area contributed by atoms with E-state index in [1.165, 1.54) is 37.3 Å². The van der Waals surface area contributed by atoms with E-state index in [1.807, 2.05) is 11.8 Å². The lowest BCUT2D eigenvalue weighted by atomic mass is 10.0. The van der Waals surface area contributed by atoms with E-state index < -0.39 is 0 Å². The van der Waals surface area contributed by atoms with Crippen LogP contribution < -0.4 is 4.57 Å². The highest BCUT2D eigenvalue weighted by Crippen LogP contribution is 2.40. The van der Waals surface area contributed by atoms with Crippen molar-refractivity contribution in [1.82, 2.24) is 0 Å². The molecule has 20 heavy (non-hydrogen) atoms. The van der Waals surface area contributed by atoms with Gasteiger partial charge in [-0.25, -0.2) is 0 Å². The first-order chi connectivity index (χ1) is 9.92. The molecule has 0 aliphatic carbocycles. The number of hydrogen-bond acceptors (Lipinski definition) is 1. The van der Waals surface area contributed by atoms with E-state index in [1.54, 1.807) is 0 Å². The molecule has 1 aliphatic rings. The lowest BCUT2D eigenvalue weighted by Crippen LogP contribution is -2.34. The van der Waals surface area contributed by atoms with Crippen LogP contribution in [-0.2, 0) is 5.88 Å². The van der Waals surface area contributed by atoms with Crippen LogP contribution in [0.2, 0.25) is 0 Å². The Morgan fingerprint density at radius 1 is 0.850 bits per heavy atom. The summed E-state index contributed by atoms with van der Waals surface area (Å²) in [4.78, 5) is 1.44. The highest BCUT2D eigenvalue weighted by atomic mass is 32.2. The van der Waals surface area contributed by atoms with Crippen molar-refractivity contribution in [3.05, 3.63) is 60.8 Å². The van der Waals surface area contributed by atoms with Gasteiger partial charge in [0.25, 0.3) is 0 Å². The maximum atomic E-state index is 2.37. The second kappa shape index (κ2) is 3.74. The predicted octanol–water partition coefficient (Wildman–Crippen LogP) is 4.50. The number of pyridine rings is 1. The van der Waals surface area contributed by atoms with Gasteiger partial charge in [-0.1, -0.05) is 42.1 Å². The lowest BCUT2D eigenvalue weighted by molar-refractivity contribution is -0.649. The highest BCUT2D eigenvalue weighted by molar-refractivity contribution is 7.98. The smallest absolute Gasteiger partial charge is 0.188 e. The Balaban J connectivity index is 2.16. The molecule has 0 bridgehead atoms. The zero-order valence-electron chi connectivity index (χ0n) is 10.8. The van der Waals surface area contributed by atoms with E-state index in [2.05, 4.69) is 65.4 Å². The predicted molar refractivity (Wildman–Crippen MR) is 85.0 cm³/mol. The zero-order valence-corrected chi connectivity index (χ0v) is 11.7. The fourth-order valence-electron chi connectivity index (χ4n) is 3.27. The lowest BCUT2D eigenvalue weighted by Gasteiger charge is -2.15. The molecule has 0 spiro atoms. The second-order valence-electron chi connectivity index (χ2n) is 5.28. The largest absolute Gasteiger partial charge is 0.222 e. The summed E-state index contributed by atoms with van der Waals surface area (Å²) in [6.07, 6.45) is 2.19. The standard InChI is InChI=1S/C18H12NS/c1-2-6-15-13(4-1)10-14-8-7-12-5-3-9-19-11-20-18(15)16(14)17(12)19/h1-10H,11H2/q+1. The summed E-state index contributed by atoms with van der Waals surface area (Å²) in [5.41, 5.74) is 1.38. The van der Waals surface area contributed by atoms with E-state index in [-0.39, 0.29) is 0 Å². The van der Waals surface area contributed by atoms with Crippen LogP contribution in [0.5, 0.6) is 0 Å². The topological polar surface area (TPSA) is 3.88 Å². The molecule has 0 saturated carbocycles. The summed E-state index contributed by atoms with van der Waals surface area (Å²) in [5.74, 6) is 0.997. The molecule has 0 atom stereocenters. The van der Waals surface area contributed by atoms with Gasteiger partial charge in [-0.2, -0.15) is 4.57 Å². The van der Waals surface area contributed by atoms with Gasteiger partial charge >= 0.3 is 0 Å². The van der Waals surface area contributed by atoms with Gasteiger partial charge in [0, 0.05) is 16.3 Å². The van der Waals surface area contributed by atoms with Crippen molar-refractivity contribution < 1.29 is 4.57 Å². The number of hydrogen-bond donors (Lipinski definition) is 0. The molecule has 4 aromatic rings. The first-order valence-corrected chi connectivity index (χ1v) is 7.80. The maximum absolute atomic E-state index is 2.37. The number of benzene rings is 3. The summed E-state index contributed by atoms with van der Waals surface area (Å²) in [6.45, 7) is 0. The van der Waals surface area contributed by atoms with Crippen molar-refractivity contribution in [3.63, 3.8) is 0 Å². The van der Waals surface area contributed by atoms with Gasteiger partial charge in [0.2, 0.25) is 5.52 Å². The monoisotopic (exact) mass is 274 g/mol. The van der Waals surface area contributed by atoms with Crippen LogP contribution in [-0.4, -0.2) is 0 Å². The van der Waals surface area contributed by atoms with Crippen molar-refractivity contribution in [2.45, 2.75) is 10.8 Å². The third-order valence-corrected chi connectivity index (χ3v) is 5.28. The maximum Gasteiger partial charge on any atom is 0.222 e. The van der Waals surface area contributed by atoms with Gasteiger partial charge in [-0.3, -0.25) is 0 Å². The molecule has 0 N–H and O–H groups in total. The number of thioether (sulfide) groups is 1. The average Bonchev–Trinajstić information content (AvgIpc) is 2.52. The van der Waals surface area contributed by atoms with E-state index in [0.717, 1.165) is 5.88 Å². The third-order valence-electron chi connectivity index (χ3n) is 4.16. The molecule has 0 saturated heterocycles. The van der Waals surface area contributed by atoms with Crippen molar-refractivity contribution in [3.8, 4) is 0 Å². The van der Waals surface area contributed by atoms with Crippen LogP contribution >= 0.6 is 11.8 Å². The second-order valence-corrected chi connectivity index (χ2v) is 6.23. The molecular weight excluding hydrogens is 262 g/mol. The van der Waals surface area contributed by atoms with Gasteiger partial charge < -0.3 is 0 Å². The van der Waals surface area contributed by atoms with E-state index in [9.17, 15) is 0 Å². The van der Waals surface area contributed by atoms with Crippen molar-refractivity contribution in [2.24, 2.45) is 0 Å². The molecule has 1 aliphatic heterocycles. The minimum absolute atomic E-state index is 0.997. The molecular formula is C18H12NS+. The van der Waals surface area contributed by atoms with Crippen LogP contribution in [0.4, 0.5) is 0 Å². The van der Waals surface area contributed by atoms with Crippen LogP contribution in [0.1, 0.15) is 0 Å². The number of aromatic nitrogens is 1. The van der Waals surface area contributed by atoms with Gasteiger partial charge in [-0.15, -0.1) is 0 Å². The molecule has 5 rings (SSSR count). The quantitative estimate of drug-likeness (QED) is 0.259. The Kier molecular flexibility index (Phi) is 2.00. The minimum Gasteiger partial charge on any atom is -0.188 e. The molecule has 0 fully saturated rings. The number of fused-ring (bicyclic) bond motifs is 2. The zero-order chi connectivity index (χ0) is 13.1. The van der Waals surface area contributed by atoms with E-state index in [4.69, 9.17) is 0 Å². The fraction of sp³-hybridized carbons (Fsp3) is 0.0556. The van der Waals surface area contributed by atoms with Crippen LogP contribution in [0.25, 0.3) is 32.4 Å². The summed E-state index contributed by atoms with van der Waals surface area (Å²) < 4.78 is 2.37. The van der Waals surface area contributed by atoms with Crippen LogP contribution in [0.15, 0.2) is 65.7 Å². The average molecular weight is 274 g/mol. The van der Waals surface area contributed by atoms with Crippen molar-refractivity contribution >= 4 is 44.2 Å². The Morgan fingerprint density at radius 3 is 2.70 bits per heavy atom. The highest BCUT2D eigenvalue weighted by Gasteiger charge is 2.23. The summed E-state index contributed by atoms with van der Waals surface area (Å²) in [7, 11) is 0. The minimum atomic E-state index is 0.997. The fourth-order valence-corrected chi connectivity index (χ4v) is 4.46. The molecule has 1 aromatic heterocycles. The first kappa shape index (κ1) is 10.7. The van der Waals surface area contributed by atoms with Gasteiger partial charge in [0.05, 0.1) is 5.39 Å². The number of nitrogens with zero attached hydrogens (tertiary/aromatic N) is 1. The van der Waals surface area contributed by atoms with Gasteiger partial charge in [-0.05, 0) is 34.4 Å². The van der Waals surface area contributed by atoms with E-state index in [0.29, 0.717) is 0 Å². The molecule has 0 radical (unpaired) electrons. The Morgan fingerprint density at radius 2 is 1.70 bits per heavy atom. The number of rotatable bonds is 0. The van der Waals surface area contributed by atoms with E-state index >= 15 is 0 Å². The summed E-state index contributed by atoms with van der Waals surface area (Å²) in [6, 6.07) is 19.9. The molecule has 0 unspecified atom stereocenters.